The number of amides is 5. The van der Waals surface area contributed by atoms with Crippen LogP contribution >= 0.6 is 0 Å². The third kappa shape index (κ3) is 4.00. The maximum atomic E-state index is 13.6. The minimum atomic E-state index is -1.43. The zero-order chi connectivity index (χ0) is 25.7. The van der Waals surface area contributed by atoms with Gasteiger partial charge < -0.3 is 20.3 Å². The van der Waals surface area contributed by atoms with E-state index in [2.05, 4.69) is 15.6 Å². The zero-order valence-electron chi connectivity index (χ0n) is 20.7. The number of carbonyl (C=O) groups is 4. The van der Waals surface area contributed by atoms with E-state index < -0.39 is 17.6 Å². The molecule has 6 rings (SSSR count). The summed E-state index contributed by atoms with van der Waals surface area (Å²) in [6.45, 7) is 0.0826. The van der Waals surface area contributed by atoms with Crippen LogP contribution in [0.5, 0.6) is 0 Å². The number of ether oxygens (including phenoxy) is 1. The topological polar surface area (TPSA) is 121 Å². The van der Waals surface area contributed by atoms with Crippen LogP contribution in [0.4, 0.5) is 15.3 Å². The molecular weight excluding hydrogens is 474 g/mol. The van der Waals surface area contributed by atoms with E-state index >= 15 is 0 Å². The first-order chi connectivity index (χ1) is 17.9. The number of carbonyl (C=O) groups excluding carboxylic acids is 4. The molecule has 2 aliphatic carbocycles. The molecule has 1 saturated carbocycles. The fourth-order valence-corrected chi connectivity index (χ4v) is 6.00. The first-order valence-electron chi connectivity index (χ1n) is 12.8. The van der Waals surface area contributed by atoms with Gasteiger partial charge in [0.15, 0.2) is 0 Å². The summed E-state index contributed by atoms with van der Waals surface area (Å²) in [6.07, 6.45) is 7.51. The highest BCUT2D eigenvalue weighted by atomic mass is 16.6. The Balaban J connectivity index is 1.23. The number of hydrogen-bond acceptors (Lipinski definition) is 6. The van der Waals surface area contributed by atoms with Gasteiger partial charge in [-0.15, -0.1) is 0 Å². The van der Waals surface area contributed by atoms with E-state index in [0.717, 1.165) is 41.7 Å². The Morgan fingerprint density at radius 2 is 1.95 bits per heavy atom. The summed E-state index contributed by atoms with van der Waals surface area (Å²) < 4.78 is 5.72. The second-order valence-electron chi connectivity index (χ2n) is 10.3. The number of anilines is 1. The summed E-state index contributed by atoms with van der Waals surface area (Å²) in [6, 6.07) is 6.92. The molecular formula is C27H29N5O5. The van der Waals surface area contributed by atoms with E-state index in [1.54, 1.807) is 30.6 Å². The minimum Gasteiger partial charge on any atom is -0.427 e. The Hall–Kier alpha value is -3.95. The van der Waals surface area contributed by atoms with Gasteiger partial charge >= 0.3 is 12.1 Å². The number of imide groups is 1. The molecule has 37 heavy (non-hydrogen) atoms. The second kappa shape index (κ2) is 8.86. The van der Waals surface area contributed by atoms with Gasteiger partial charge in [0.1, 0.15) is 6.54 Å². The van der Waals surface area contributed by atoms with Crippen molar-refractivity contribution in [1.29, 1.82) is 0 Å². The number of aryl methyl sites for hydroxylation is 2. The fraction of sp³-hybridized carbons (Fsp3) is 0.444. The van der Waals surface area contributed by atoms with Crippen molar-refractivity contribution < 1.29 is 23.9 Å². The predicted molar refractivity (Wildman–Crippen MR) is 132 cm³/mol. The van der Waals surface area contributed by atoms with E-state index in [1.165, 1.54) is 12.6 Å². The van der Waals surface area contributed by atoms with Crippen molar-refractivity contribution in [3.8, 4) is 0 Å². The molecule has 2 N–H and O–H groups in total. The van der Waals surface area contributed by atoms with E-state index in [-0.39, 0.29) is 24.5 Å². The lowest BCUT2D eigenvalue weighted by atomic mass is 9.94. The van der Waals surface area contributed by atoms with Crippen LogP contribution in [-0.2, 0) is 39.3 Å². The van der Waals surface area contributed by atoms with Crippen LogP contribution < -0.4 is 10.6 Å². The Morgan fingerprint density at radius 1 is 1.11 bits per heavy atom. The molecule has 4 aliphatic rings. The third-order valence-electron chi connectivity index (χ3n) is 8.08. The van der Waals surface area contributed by atoms with Crippen molar-refractivity contribution in [2.75, 3.05) is 18.9 Å². The summed E-state index contributed by atoms with van der Waals surface area (Å²) in [7, 11) is 1.53. The summed E-state index contributed by atoms with van der Waals surface area (Å²) in [5.74, 6) is -0.297. The summed E-state index contributed by atoms with van der Waals surface area (Å²) >= 11 is 0. The number of nitrogens with zero attached hydrogens (tertiary/aromatic N) is 3. The van der Waals surface area contributed by atoms with Crippen molar-refractivity contribution in [2.24, 2.45) is 5.92 Å². The third-order valence-corrected chi connectivity index (χ3v) is 8.08. The average Bonchev–Trinajstić information content (AvgIpc) is 3.66. The molecule has 2 aromatic rings. The van der Waals surface area contributed by atoms with Crippen LogP contribution in [0, 0.1) is 5.92 Å². The van der Waals surface area contributed by atoms with Crippen LogP contribution in [0.3, 0.4) is 0 Å². The van der Waals surface area contributed by atoms with E-state index in [4.69, 9.17) is 4.74 Å². The first kappa shape index (κ1) is 23.4. The number of aromatic nitrogens is 1. The van der Waals surface area contributed by atoms with Gasteiger partial charge in [-0.3, -0.25) is 14.6 Å². The number of nitrogens with one attached hydrogen (secondary N) is 2. The van der Waals surface area contributed by atoms with Crippen LogP contribution in [0.1, 0.15) is 47.9 Å². The van der Waals surface area contributed by atoms with Gasteiger partial charge in [-0.05, 0) is 72.9 Å². The van der Waals surface area contributed by atoms with Crippen molar-refractivity contribution in [3.05, 3.63) is 58.9 Å². The van der Waals surface area contributed by atoms with E-state index in [1.807, 2.05) is 11.0 Å². The van der Waals surface area contributed by atoms with Crippen LogP contribution in [0.2, 0.25) is 0 Å². The standard InChI is InChI=1S/C27H29N5O5/c1-28-25(35)30-20-5-6-21-18(12-20)8-10-27(21)24(34)32(26(36)37-27)15-23(33)31-14-19-13-29-11-9-16(19)4-7-22(31)17-2-3-17/h5-6,9,11-13,17,22H,2-4,7-8,10,14-15H2,1H3,(H2,28,30,35)/t22-,27+/m0/s1. The molecule has 1 saturated heterocycles. The molecule has 0 unspecified atom stereocenters. The van der Waals surface area contributed by atoms with Crippen LogP contribution in [0.25, 0.3) is 0 Å². The molecule has 5 amide bonds. The fourth-order valence-electron chi connectivity index (χ4n) is 6.00. The number of urea groups is 1. The van der Waals surface area contributed by atoms with Crippen LogP contribution in [-0.4, -0.2) is 58.4 Å². The van der Waals surface area contributed by atoms with E-state index in [9.17, 15) is 19.2 Å². The maximum absolute atomic E-state index is 13.6. The van der Waals surface area contributed by atoms with Gasteiger partial charge in [0.05, 0.1) is 0 Å². The molecule has 192 valence electrons. The first-order valence-corrected chi connectivity index (χ1v) is 12.8. The van der Waals surface area contributed by atoms with Gasteiger partial charge in [-0.25, -0.2) is 14.5 Å². The molecule has 10 heteroatoms. The molecule has 2 aliphatic heterocycles. The number of fused-ring (bicyclic) bond motifs is 3. The smallest absolute Gasteiger partial charge is 0.418 e. The Kier molecular flexibility index (Phi) is 5.62. The lowest BCUT2D eigenvalue weighted by Gasteiger charge is -2.31. The molecule has 1 aromatic heterocycles. The Bertz CT molecular complexity index is 1310. The number of benzene rings is 1. The van der Waals surface area contributed by atoms with Crippen molar-refractivity contribution >= 4 is 29.6 Å². The average molecular weight is 504 g/mol. The van der Waals surface area contributed by atoms with E-state index in [0.29, 0.717) is 36.6 Å². The normalized spacial score (nSPS) is 24.4. The molecule has 2 atom stereocenters. The summed E-state index contributed by atoms with van der Waals surface area (Å²) in [5, 5.41) is 5.21. The Labute approximate surface area is 214 Å². The molecule has 2 fully saturated rings. The zero-order valence-corrected chi connectivity index (χ0v) is 20.7. The molecule has 0 radical (unpaired) electrons. The second-order valence-corrected chi connectivity index (χ2v) is 10.3. The Morgan fingerprint density at radius 3 is 2.73 bits per heavy atom. The van der Waals surface area contributed by atoms with Crippen molar-refractivity contribution in [3.63, 3.8) is 0 Å². The van der Waals surface area contributed by atoms with Crippen LogP contribution in [0.15, 0.2) is 36.7 Å². The highest BCUT2D eigenvalue weighted by Crippen LogP contribution is 2.46. The van der Waals surface area contributed by atoms with Gasteiger partial charge in [0.25, 0.3) is 5.91 Å². The van der Waals surface area contributed by atoms with Gasteiger partial charge in [-0.2, -0.15) is 0 Å². The van der Waals surface area contributed by atoms with Crippen molar-refractivity contribution in [1.82, 2.24) is 20.1 Å². The largest absolute Gasteiger partial charge is 0.427 e. The molecule has 3 heterocycles. The number of pyridine rings is 1. The SMILES string of the molecule is CNC(=O)Nc1ccc2c(c1)CC[C@@]21OC(=O)N(CC(=O)N2Cc3cnccc3CC[C@H]2C2CC2)C1=O. The lowest BCUT2D eigenvalue weighted by molar-refractivity contribution is -0.143. The summed E-state index contributed by atoms with van der Waals surface area (Å²) in [4.78, 5) is 58.9. The van der Waals surface area contributed by atoms with Gasteiger partial charge in [0.2, 0.25) is 11.5 Å². The monoisotopic (exact) mass is 503 g/mol. The number of hydrogen-bond donors (Lipinski definition) is 2. The number of rotatable bonds is 4. The predicted octanol–water partition coefficient (Wildman–Crippen LogP) is 2.71. The quantitative estimate of drug-likeness (QED) is 0.662. The molecule has 10 nitrogen and oxygen atoms in total. The van der Waals surface area contributed by atoms with Gasteiger partial charge in [0, 0.05) is 49.7 Å². The maximum Gasteiger partial charge on any atom is 0.418 e. The minimum absolute atomic E-state index is 0.0843. The lowest BCUT2D eigenvalue weighted by Crippen LogP contribution is -2.48. The highest BCUT2D eigenvalue weighted by Gasteiger charge is 2.58. The molecule has 0 bridgehead atoms. The van der Waals surface area contributed by atoms with Crippen molar-refractivity contribution in [2.45, 2.75) is 56.7 Å². The highest BCUT2D eigenvalue weighted by molar-refractivity contribution is 6.06. The van der Waals surface area contributed by atoms with Gasteiger partial charge in [-0.1, -0.05) is 6.07 Å². The summed E-state index contributed by atoms with van der Waals surface area (Å²) in [5.41, 5.74) is 2.79. The molecule has 1 aromatic carbocycles. The molecule has 1 spiro atoms.